The van der Waals surface area contributed by atoms with Crippen molar-refractivity contribution in [2.75, 3.05) is 0 Å². The second kappa shape index (κ2) is 2.62. The van der Waals surface area contributed by atoms with E-state index < -0.39 is 5.97 Å². The fraction of sp³-hybridized carbons (Fsp3) is 0.500. The summed E-state index contributed by atoms with van der Waals surface area (Å²) in [6.45, 7) is 5.91. The second-order valence-corrected chi connectivity index (χ2v) is 3.69. The molecule has 0 spiro atoms. The minimum absolute atomic E-state index is 0.0694. The van der Waals surface area contributed by atoms with Crippen molar-refractivity contribution in [2.24, 2.45) is 0 Å². The number of nitrogens with one attached hydrogen (secondary N) is 1. The van der Waals surface area contributed by atoms with Crippen molar-refractivity contribution in [3.8, 4) is 0 Å². The highest BCUT2D eigenvalue weighted by atomic mass is 16.4. The Kier molecular flexibility index (Phi) is 1.92. The van der Waals surface area contributed by atoms with E-state index in [9.17, 15) is 4.79 Å². The molecule has 1 aromatic heterocycles. The molecule has 0 atom stereocenters. The lowest BCUT2D eigenvalue weighted by molar-refractivity contribution is 0.0691. The largest absolute Gasteiger partial charge is 0.476 e. The molecule has 66 valence electrons. The maximum Gasteiger partial charge on any atom is 0.356 e. The minimum Gasteiger partial charge on any atom is -0.476 e. The van der Waals surface area contributed by atoms with Crippen molar-refractivity contribution in [3.63, 3.8) is 0 Å². The number of aromatic nitrogens is 2. The first-order valence-corrected chi connectivity index (χ1v) is 3.70. The van der Waals surface area contributed by atoms with Crippen molar-refractivity contribution < 1.29 is 9.90 Å². The van der Waals surface area contributed by atoms with Gasteiger partial charge in [0.15, 0.2) is 5.69 Å². The van der Waals surface area contributed by atoms with E-state index in [1.165, 1.54) is 6.20 Å². The standard InChI is InChI=1S/C8H12N2O2/c1-8(2,3)7-9-4-5(10-7)6(11)12/h4H,1-3H3,(H,9,10)(H,11,12). The molecule has 4 heteroatoms. The monoisotopic (exact) mass is 168 g/mol. The molecule has 4 nitrogen and oxygen atoms in total. The third-order valence-corrected chi connectivity index (χ3v) is 1.51. The highest BCUT2D eigenvalue weighted by molar-refractivity contribution is 5.85. The Hall–Kier alpha value is -1.32. The van der Waals surface area contributed by atoms with E-state index in [1.54, 1.807) is 0 Å². The van der Waals surface area contributed by atoms with Crippen LogP contribution >= 0.6 is 0 Å². The fourth-order valence-corrected chi connectivity index (χ4v) is 0.815. The number of aromatic amines is 1. The number of nitrogens with zero attached hydrogens (tertiary/aromatic N) is 1. The summed E-state index contributed by atoms with van der Waals surface area (Å²) in [6.07, 6.45) is 1.41. The van der Waals surface area contributed by atoms with E-state index in [0.29, 0.717) is 5.82 Å². The summed E-state index contributed by atoms with van der Waals surface area (Å²) < 4.78 is 0. The van der Waals surface area contributed by atoms with E-state index in [-0.39, 0.29) is 11.1 Å². The Balaban J connectivity index is 3.00. The smallest absolute Gasteiger partial charge is 0.356 e. The molecular weight excluding hydrogens is 156 g/mol. The van der Waals surface area contributed by atoms with Crippen molar-refractivity contribution in [2.45, 2.75) is 26.2 Å². The summed E-state index contributed by atoms with van der Waals surface area (Å²) in [5.74, 6) is -0.304. The number of rotatable bonds is 1. The van der Waals surface area contributed by atoms with Crippen LogP contribution in [-0.2, 0) is 5.41 Å². The van der Waals surface area contributed by atoms with Gasteiger partial charge in [0.1, 0.15) is 5.82 Å². The van der Waals surface area contributed by atoms with Gasteiger partial charge >= 0.3 is 5.97 Å². The summed E-state index contributed by atoms with van der Waals surface area (Å²) in [4.78, 5) is 17.2. The first-order valence-electron chi connectivity index (χ1n) is 3.70. The van der Waals surface area contributed by atoms with Gasteiger partial charge in [-0.05, 0) is 0 Å². The van der Waals surface area contributed by atoms with Crippen LogP contribution in [0.3, 0.4) is 0 Å². The van der Waals surface area contributed by atoms with Gasteiger partial charge in [0.2, 0.25) is 0 Å². The van der Waals surface area contributed by atoms with Crippen LogP contribution < -0.4 is 0 Å². The molecule has 0 saturated heterocycles. The Morgan fingerprint density at radius 3 is 2.42 bits per heavy atom. The second-order valence-electron chi connectivity index (χ2n) is 3.69. The average molecular weight is 168 g/mol. The number of carboxylic acid groups (broad SMARTS) is 1. The van der Waals surface area contributed by atoms with Crippen LogP contribution in [0.4, 0.5) is 0 Å². The van der Waals surface area contributed by atoms with Gasteiger partial charge in [0.25, 0.3) is 0 Å². The molecule has 1 heterocycles. The molecule has 2 N–H and O–H groups in total. The van der Waals surface area contributed by atoms with Gasteiger partial charge in [-0.2, -0.15) is 0 Å². The highest BCUT2D eigenvalue weighted by Crippen LogP contribution is 2.18. The van der Waals surface area contributed by atoms with Crippen LogP contribution in [0.1, 0.15) is 37.1 Å². The molecular formula is C8H12N2O2. The Morgan fingerprint density at radius 1 is 1.58 bits per heavy atom. The van der Waals surface area contributed by atoms with E-state index in [2.05, 4.69) is 9.97 Å². The lowest BCUT2D eigenvalue weighted by atomic mass is 9.96. The molecule has 0 aromatic carbocycles. The van der Waals surface area contributed by atoms with Crippen LogP contribution in [0.2, 0.25) is 0 Å². The van der Waals surface area contributed by atoms with Crippen LogP contribution in [-0.4, -0.2) is 21.0 Å². The van der Waals surface area contributed by atoms with Crippen molar-refractivity contribution in [1.29, 1.82) is 0 Å². The molecule has 0 unspecified atom stereocenters. The van der Waals surface area contributed by atoms with Crippen LogP contribution in [0.15, 0.2) is 6.20 Å². The van der Waals surface area contributed by atoms with Crippen molar-refractivity contribution in [1.82, 2.24) is 9.97 Å². The molecule has 1 rings (SSSR count). The first-order chi connectivity index (χ1) is 5.41. The minimum atomic E-state index is -0.998. The molecule has 12 heavy (non-hydrogen) atoms. The zero-order valence-electron chi connectivity index (χ0n) is 7.38. The number of hydrogen-bond acceptors (Lipinski definition) is 2. The zero-order chi connectivity index (χ0) is 9.35. The molecule has 0 radical (unpaired) electrons. The molecule has 0 amide bonds. The SMILES string of the molecule is CC(C)(C)c1nc(C(=O)O)c[nH]1. The topological polar surface area (TPSA) is 66.0 Å². The Morgan fingerprint density at radius 2 is 2.17 bits per heavy atom. The molecule has 0 bridgehead atoms. The molecule has 0 aliphatic carbocycles. The average Bonchev–Trinajstić information content (AvgIpc) is 2.30. The van der Waals surface area contributed by atoms with Gasteiger partial charge in [0, 0.05) is 11.6 Å². The quantitative estimate of drug-likeness (QED) is 0.666. The summed E-state index contributed by atoms with van der Waals surface area (Å²) in [5, 5.41) is 8.58. The molecule has 0 fully saturated rings. The third kappa shape index (κ3) is 1.64. The first kappa shape index (κ1) is 8.77. The summed E-state index contributed by atoms with van der Waals surface area (Å²) >= 11 is 0. The normalized spacial score (nSPS) is 11.6. The van der Waals surface area contributed by atoms with Gasteiger partial charge in [-0.3, -0.25) is 0 Å². The Labute approximate surface area is 70.6 Å². The number of imidazole rings is 1. The van der Waals surface area contributed by atoms with Gasteiger partial charge < -0.3 is 10.1 Å². The number of carboxylic acids is 1. The molecule has 0 aliphatic heterocycles. The molecule has 0 aliphatic rings. The van der Waals surface area contributed by atoms with E-state index >= 15 is 0 Å². The lowest BCUT2D eigenvalue weighted by Gasteiger charge is -2.13. The van der Waals surface area contributed by atoms with Crippen LogP contribution in [0.5, 0.6) is 0 Å². The maximum atomic E-state index is 10.5. The van der Waals surface area contributed by atoms with Crippen LogP contribution in [0, 0.1) is 0 Å². The lowest BCUT2D eigenvalue weighted by Crippen LogP contribution is -2.13. The highest BCUT2D eigenvalue weighted by Gasteiger charge is 2.19. The van der Waals surface area contributed by atoms with E-state index in [0.717, 1.165) is 0 Å². The Bertz CT molecular complexity index is 296. The number of aromatic carboxylic acids is 1. The van der Waals surface area contributed by atoms with Crippen molar-refractivity contribution in [3.05, 3.63) is 17.7 Å². The van der Waals surface area contributed by atoms with Gasteiger partial charge in [0.05, 0.1) is 0 Å². The molecule has 1 aromatic rings. The van der Waals surface area contributed by atoms with Gasteiger partial charge in [-0.1, -0.05) is 20.8 Å². The maximum absolute atomic E-state index is 10.5. The van der Waals surface area contributed by atoms with Gasteiger partial charge in [-0.15, -0.1) is 0 Å². The predicted octanol–water partition coefficient (Wildman–Crippen LogP) is 1.41. The zero-order valence-corrected chi connectivity index (χ0v) is 7.38. The summed E-state index contributed by atoms with van der Waals surface area (Å²) in [7, 11) is 0. The fourth-order valence-electron chi connectivity index (χ4n) is 0.815. The molecule has 0 saturated carbocycles. The van der Waals surface area contributed by atoms with Gasteiger partial charge in [-0.25, -0.2) is 9.78 Å². The summed E-state index contributed by atoms with van der Waals surface area (Å²) in [5.41, 5.74) is -0.0619. The van der Waals surface area contributed by atoms with Crippen LogP contribution in [0.25, 0.3) is 0 Å². The summed E-state index contributed by atoms with van der Waals surface area (Å²) in [6, 6.07) is 0. The number of carbonyl (C=O) groups is 1. The van der Waals surface area contributed by atoms with E-state index in [1.807, 2.05) is 20.8 Å². The number of H-pyrrole nitrogens is 1. The predicted molar refractivity (Wildman–Crippen MR) is 44.2 cm³/mol. The van der Waals surface area contributed by atoms with Crippen molar-refractivity contribution >= 4 is 5.97 Å². The number of hydrogen-bond donors (Lipinski definition) is 2. The third-order valence-electron chi connectivity index (χ3n) is 1.51. The van der Waals surface area contributed by atoms with E-state index in [4.69, 9.17) is 5.11 Å².